The van der Waals surface area contributed by atoms with E-state index in [4.69, 9.17) is 21.1 Å². The molecule has 0 aliphatic rings. The normalized spacial score (nSPS) is 10.2. The molecule has 0 aromatic carbocycles. The number of rotatable bonds is 8. The van der Waals surface area contributed by atoms with Crippen molar-refractivity contribution in [2.24, 2.45) is 0 Å². The molecule has 0 aliphatic carbocycles. The Morgan fingerprint density at radius 3 is 2.11 bits per heavy atom. The van der Waals surface area contributed by atoms with Crippen molar-refractivity contribution < 1.29 is 9.47 Å². The van der Waals surface area contributed by atoms with E-state index in [0.717, 1.165) is 25.8 Å². The number of aromatic nitrogens is 3. The molecule has 0 N–H and O–H groups in total. The third kappa shape index (κ3) is 4.52. The van der Waals surface area contributed by atoms with Crippen LogP contribution < -0.4 is 14.4 Å². The van der Waals surface area contributed by atoms with Crippen LogP contribution in [0.4, 0.5) is 5.95 Å². The lowest BCUT2D eigenvalue weighted by atomic mass is 10.2. The van der Waals surface area contributed by atoms with Gasteiger partial charge in [0.15, 0.2) is 0 Å². The summed E-state index contributed by atoms with van der Waals surface area (Å²) in [6, 6.07) is 0.508. The van der Waals surface area contributed by atoms with Gasteiger partial charge in [0.1, 0.15) is 0 Å². The van der Waals surface area contributed by atoms with Gasteiger partial charge >= 0.3 is 12.0 Å². The van der Waals surface area contributed by atoms with Gasteiger partial charge in [-0.1, -0.05) is 6.42 Å². The van der Waals surface area contributed by atoms with Crippen LogP contribution >= 0.6 is 11.6 Å². The highest BCUT2D eigenvalue weighted by Gasteiger charge is 2.10. The van der Waals surface area contributed by atoms with Crippen molar-refractivity contribution in [1.29, 1.82) is 0 Å². The van der Waals surface area contributed by atoms with Crippen molar-refractivity contribution in [2.75, 3.05) is 38.6 Å². The van der Waals surface area contributed by atoms with Gasteiger partial charge in [0.05, 0.1) is 14.2 Å². The molecule has 18 heavy (non-hydrogen) atoms. The highest BCUT2D eigenvalue weighted by molar-refractivity contribution is 6.17. The van der Waals surface area contributed by atoms with Gasteiger partial charge in [-0.05, 0) is 12.8 Å². The Balaban J connectivity index is 2.63. The summed E-state index contributed by atoms with van der Waals surface area (Å²) in [6.07, 6.45) is 3.16. The van der Waals surface area contributed by atoms with Crippen molar-refractivity contribution in [3.05, 3.63) is 0 Å². The third-order valence-electron chi connectivity index (χ3n) is 2.42. The second kappa shape index (κ2) is 7.92. The average molecular weight is 275 g/mol. The molecule has 0 amide bonds. The van der Waals surface area contributed by atoms with Crippen LogP contribution in [0.15, 0.2) is 0 Å². The molecule has 0 atom stereocenters. The maximum absolute atomic E-state index is 5.63. The largest absolute Gasteiger partial charge is 0.467 e. The summed E-state index contributed by atoms with van der Waals surface area (Å²) in [4.78, 5) is 14.2. The first-order valence-corrected chi connectivity index (χ1v) is 6.36. The minimum absolute atomic E-state index is 0.254. The Labute approximate surface area is 112 Å². The van der Waals surface area contributed by atoms with E-state index in [-0.39, 0.29) is 12.0 Å². The van der Waals surface area contributed by atoms with Crippen molar-refractivity contribution in [1.82, 2.24) is 15.0 Å². The molecule has 0 aliphatic heterocycles. The van der Waals surface area contributed by atoms with E-state index in [1.807, 2.05) is 11.9 Å². The summed E-state index contributed by atoms with van der Waals surface area (Å²) >= 11 is 5.63. The highest BCUT2D eigenvalue weighted by Crippen LogP contribution is 2.15. The molecule has 0 radical (unpaired) electrons. The molecule has 1 rings (SSSR count). The van der Waals surface area contributed by atoms with Crippen LogP contribution in [0.5, 0.6) is 12.0 Å². The molecular weight excluding hydrogens is 256 g/mol. The SMILES string of the molecule is COc1nc(OC)nc(N(C)CCCCCCl)n1. The van der Waals surface area contributed by atoms with Gasteiger partial charge in [-0.25, -0.2) is 0 Å². The lowest BCUT2D eigenvalue weighted by molar-refractivity contribution is 0.340. The fourth-order valence-electron chi connectivity index (χ4n) is 1.40. The Morgan fingerprint density at radius 2 is 1.61 bits per heavy atom. The number of hydrogen-bond acceptors (Lipinski definition) is 6. The van der Waals surface area contributed by atoms with Gasteiger partial charge in [-0.15, -0.1) is 16.6 Å². The van der Waals surface area contributed by atoms with Crippen molar-refractivity contribution in [2.45, 2.75) is 19.3 Å². The topological polar surface area (TPSA) is 60.4 Å². The van der Waals surface area contributed by atoms with Crippen LogP contribution in [0, 0.1) is 0 Å². The smallest absolute Gasteiger partial charge is 0.324 e. The minimum atomic E-state index is 0.254. The fourth-order valence-corrected chi connectivity index (χ4v) is 1.59. The summed E-state index contributed by atoms with van der Waals surface area (Å²) in [5, 5.41) is 0. The van der Waals surface area contributed by atoms with E-state index in [2.05, 4.69) is 15.0 Å². The molecule has 0 saturated carbocycles. The summed E-state index contributed by atoms with van der Waals surface area (Å²) in [7, 11) is 4.95. The monoisotopic (exact) mass is 274 g/mol. The van der Waals surface area contributed by atoms with Crippen LogP contribution in [0.25, 0.3) is 0 Å². The summed E-state index contributed by atoms with van der Waals surface area (Å²) < 4.78 is 10.0. The lowest BCUT2D eigenvalue weighted by Gasteiger charge is -2.17. The van der Waals surface area contributed by atoms with Crippen LogP contribution in [-0.2, 0) is 0 Å². The molecule has 102 valence electrons. The van der Waals surface area contributed by atoms with Gasteiger partial charge in [0.25, 0.3) is 0 Å². The van der Waals surface area contributed by atoms with Crippen LogP contribution in [0.3, 0.4) is 0 Å². The molecule has 6 nitrogen and oxygen atoms in total. The zero-order valence-electron chi connectivity index (χ0n) is 11.0. The van der Waals surface area contributed by atoms with E-state index in [0.29, 0.717) is 11.8 Å². The highest BCUT2D eigenvalue weighted by atomic mass is 35.5. The van der Waals surface area contributed by atoms with E-state index in [1.165, 1.54) is 14.2 Å². The second-order valence-electron chi connectivity index (χ2n) is 3.78. The standard InChI is InChI=1S/C11H19ClN4O2/c1-16(8-6-4-5-7-12)9-13-10(17-2)15-11(14-9)18-3/h4-8H2,1-3H3. The minimum Gasteiger partial charge on any atom is -0.467 e. The summed E-state index contributed by atoms with van der Waals surface area (Å²) in [6.45, 7) is 0.854. The van der Waals surface area contributed by atoms with Crippen LogP contribution in [-0.4, -0.2) is 48.6 Å². The zero-order chi connectivity index (χ0) is 13.4. The van der Waals surface area contributed by atoms with Gasteiger partial charge in [-0.3, -0.25) is 0 Å². The first kappa shape index (κ1) is 14.8. The number of methoxy groups -OCH3 is 2. The first-order chi connectivity index (χ1) is 8.71. The molecule has 1 heterocycles. The van der Waals surface area contributed by atoms with E-state index in [9.17, 15) is 0 Å². The Hall–Kier alpha value is -1.30. The number of halogens is 1. The number of hydrogen-bond donors (Lipinski definition) is 0. The van der Waals surface area contributed by atoms with Crippen molar-refractivity contribution in [3.8, 4) is 12.0 Å². The number of anilines is 1. The maximum atomic E-state index is 5.63. The molecule has 0 unspecified atom stereocenters. The number of nitrogens with zero attached hydrogens (tertiary/aromatic N) is 4. The van der Waals surface area contributed by atoms with Gasteiger partial charge < -0.3 is 14.4 Å². The zero-order valence-corrected chi connectivity index (χ0v) is 11.8. The Kier molecular flexibility index (Phi) is 6.49. The number of unbranched alkanes of at least 4 members (excludes halogenated alkanes) is 2. The predicted molar refractivity (Wildman–Crippen MR) is 70.8 cm³/mol. The molecule has 7 heteroatoms. The third-order valence-corrected chi connectivity index (χ3v) is 2.68. The number of ether oxygens (including phenoxy) is 2. The molecular formula is C11H19ClN4O2. The van der Waals surface area contributed by atoms with Gasteiger partial charge in [-0.2, -0.15) is 9.97 Å². The Bertz CT molecular complexity index is 343. The van der Waals surface area contributed by atoms with E-state index < -0.39 is 0 Å². The average Bonchev–Trinajstić information content (AvgIpc) is 2.42. The van der Waals surface area contributed by atoms with Gasteiger partial charge in [0, 0.05) is 19.5 Å². The van der Waals surface area contributed by atoms with Gasteiger partial charge in [0.2, 0.25) is 5.95 Å². The van der Waals surface area contributed by atoms with Crippen molar-refractivity contribution in [3.63, 3.8) is 0 Å². The van der Waals surface area contributed by atoms with Crippen LogP contribution in [0.1, 0.15) is 19.3 Å². The summed E-state index contributed by atoms with van der Waals surface area (Å²) in [5.74, 6) is 1.25. The number of alkyl halides is 1. The molecule has 1 aromatic rings. The second-order valence-corrected chi connectivity index (χ2v) is 4.16. The van der Waals surface area contributed by atoms with E-state index >= 15 is 0 Å². The molecule has 0 spiro atoms. The first-order valence-electron chi connectivity index (χ1n) is 5.82. The van der Waals surface area contributed by atoms with E-state index in [1.54, 1.807) is 0 Å². The van der Waals surface area contributed by atoms with Crippen LogP contribution in [0.2, 0.25) is 0 Å². The molecule has 0 saturated heterocycles. The predicted octanol–water partition coefficient (Wildman–Crippen LogP) is 1.73. The fraction of sp³-hybridized carbons (Fsp3) is 0.727. The Morgan fingerprint density at radius 1 is 1.00 bits per heavy atom. The maximum Gasteiger partial charge on any atom is 0.324 e. The molecule has 0 fully saturated rings. The molecule has 1 aromatic heterocycles. The lowest BCUT2D eigenvalue weighted by Crippen LogP contribution is -2.21. The quantitative estimate of drug-likeness (QED) is 0.531. The molecule has 0 bridgehead atoms. The van der Waals surface area contributed by atoms with Crippen molar-refractivity contribution >= 4 is 17.5 Å². The summed E-state index contributed by atoms with van der Waals surface area (Å²) in [5.41, 5.74) is 0.